The molecule has 1 aliphatic carbocycles. The van der Waals surface area contributed by atoms with Gasteiger partial charge in [0.25, 0.3) is 0 Å². The maximum absolute atomic E-state index is 12.3. The van der Waals surface area contributed by atoms with Crippen molar-refractivity contribution in [2.24, 2.45) is 0 Å². The molecule has 0 amide bonds. The van der Waals surface area contributed by atoms with Crippen LogP contribution in [0.3, 0.4) is 0 Å². The van der Waals surface area contributed by atoms with Gasteiger partial charge in [-0.3, -0.25) is 5.10 Å². The zero-order chi connectivity index (χ0) is 21.5. The first-order valence-corrected chi connectivity index (χ1v) is 11.0. The Labute approximate surface area is 185 Å². The average Bonchev–Trinajstić information content (AvgIpc) is 3.45. The molecule has 2 aromatic heterocycles. The summed E-state index contributed by atoms with van der Waals surface area (Å²) in [5.41, 5.74) is 4.99. The summed E-state index contributed by atoms with van der Waals surface area (Å²) in [4.78, 5) is 21.4. The number of nitrogens with one attached hydrogen (secondary N) is 1. The molecule has 158 valence electrons. The van der Waals surface area contributed by atoms with E-state index in [9.17, 15) is 4.79 Å². The molecule has 0 saturated heterocycles. The number of benzene rings is 2. The number of carbonyl (C=O) groups excluding carboxylic acids is 1. The van der Waals surface area contributed by atoms with Crippen LogP contribution in [0.1, 0.15) is 53.2 Å². The molecule has 32 heavy (non-hydrogen) atoms. The molecule has 3 heterocycles. The summed E-state index contributed by atoms with van der Waals surface area (Å²) in [6, 6.07) is 21.7. The van der Waals surface area contributed by atoms with Crippen molar-refractivity contribution in [1.29, 1.82) is 0 Å². The predicted molar refractivity (Wildman–Crippen MR) is 120 cm³/mol. The van der Waals surface area contributed by atoms with Gasteiger partial charge in [-0.2, -0.15) is 5.10 Å². The molecule has 1 spiro atoms. The van der Waals surface area contributed by atoms with Crippen molar-refractivity contribution in [3.05, 3.63) is 89.7 Å². The van der Waals surface area contributed by atoms with Gasteiger partial charge in [0, 0.05) is 28.9 Å². The van der Waals surface area contributed by atoms with Gasteiger partial charge in [0.15, 0.2) is 5.82 Å². The first kappa shape index (κ1) is 18.9. The minimum Gasteiger partial charge on any atom is -0.451 e. The molecule has 6 heteroatoms. The van der Waals surface area contributed by atoms with Gasteiger partial charge >= 0.3 is 5.97 Å². The Morgan fingerprint density at radius 1 is 0.938 bits per heavy atom. The highest BCUT2D eigenvalue weighted by molar-refractivity contribution is 5.94. The van der Waals surface area contributed by atoms with Gasteiger partial charge in [-0.05, 0) is 43.9 Å². The van der Waals surface area contributed by atoms with Crippen molar-refractivity contribution >= 4 is 5.97 Å². The van der Waals surface area contributed by atoms with E-state index >= 15 is 0 Å². The first-order chi connectivity index (χ1) is 15.7. The van der Waals surface area contributed by atoms with Crippen LogP contribution in [0.15, 0.2) is 72.9 Å². The molecule has 0 unspecified atom stereocenters. The van der Waals surface area contributed by atoms with Crippen LogP contribution in [0, 0.1) is 0 Å². The minimum atomic E-state index is -0.468. The molecule has 1 aliphatic heterocycles. The fraction of sp³-hybridized carbons (Fsp3) is 0.231. The number of aromatic nitrogens is 4. The van der Waals surface area contributed by atoms with Crippen LogP contribution in [-0.4, -0.2) is 26.1 Å². The van der Waals surface area contributed by atoms with Gasteiger partial charge < -0.3 is 4.74 Å². The lowest BCUT2D eigenvalue weighted by Gasteiger charge is -2.36. The van der Waals surface area contributed by atoms with E-state index < -0.39 is 5.60 Å². The minimum absolute atomic E-state index is 0.194. The van der Waals surface area contributed by atoms with Crippen LogP contribution in [0.5, 0.6) is 0 Å². The second-order valence-corrected chi connectivity index (χ2v) is 8.54. The van der Waals surface area contributed by atoms with E-state index in [1.54, 1.807) is 6.20 Å². The highest BCUT2D eigenvalue weighted by Gasteiger charge is 2.47. The van der Waals surface area contributed by atoms with E-state index in [0.29, 0.717) is 17.3 Å². The smallest absolute Gasteiger partial charge is 0.339 e. The lowest BCUT2D eigenvalue weighted by Crippen LogP contribution is -2.31. The zero-order valence-corrected chi connectivity index (χ0v) is 17.5. The van der Waals surface area contributed by atoms with Gasteiger partial charge in [-0.25, -0.2) is 14.8 Å². The molecule has 0 atom stereocenters. The van der Waals surface area contributed by atoms with Gasteiger partial charge in [0.1, 0.15) is 11.3 Å². The predicted octanol–water partition coefficient (Wildman–Crippen LogP) is 5.26. The van der Waals surface area contributed by atoms with E-state index in [4.69, 9.17) is 9.72 Å². The third-order valence-corrected chi connectivity index (χ3v) is 6.71. The second-order valence-electron chi connectivity index (χ2n) is 8.54. The number of H-pyrrole nitrogens is 1. The van der Waals surface area contributed by atoms with E-state index in [0.717, 1.165) is 53.9 Å². The third kappa shape index (κ3) is 3.11. The summed E-state index contributed by atoms with van der Waals surface area (Å²) in [5, 5.41) is 7.75. The molecular formula is C26H22N4O2. The third-order valence-electron chi connectivity index (χ3n) is 6.71. The summed E-state index contributed by atoms with van der Waals surface area (Å²) in [5.74, 6) is 0.846. The molecule has 4 aromatic rings. The average molecular weight is 422 g/mol. The Morgan fingerprint density at radius 2 is 1.72 bits per heavy atom. The number of esters is 1. The number of fused-ring (bicyclic) bond motifs is 2. The number of nitrogens with zero attached hydrogens (tertiary/aromatic N) is 3. The van der Waals surface area contributed by atoms with E-state index in [2.05, 4.69) is 21.2 Å². The Bertz CT molecular complexity index is 1290. The fourth-order valence-corrected chi connectivity index (χ4v) is 5.02. The lowest BCUT2D eigenvalue weighted by molar-refractivity contribution is -0.0311. The van der Waals surface area contributed by atoms with Crippen molar-refractivity contribution in [1.82, 2.24) is 20.2 Å². The number of carbonyl (C=O) groups is 1. The van der Waals surface area contributed by atoms with Gasteiger partial charge in [0.05, 0.1) is 11.3 Å². The van der Waals surface area contributed by atoms with Crippen molar-refractivity contribution < 1.29 is 9.53 Å². The van der Waals surface area contributed by atoms with Crippen molar-refractivity contribution in [3.8, 4) is 22.8 Å². The molecule has 0 radical (unpaired) electrons. The maximum Gasteiger partial charge on any atom is 0.339 e. The summed E-state index contributed by atoms with van der Waals surface area (Å²) in [6.45, 7) is 0. The highest BCUT2D eigenvalue weighted by atomic mass is 16.6. The van der Waals surface area contributed by atoms with Gasteiger partial charge in [-0.1, -0.05) is 48.5 Å². The molecule has 1 N–H and O–H groups in total. The molecule has 1 saturated carbocycles. The monoisotopic (exact) mass is 422 g/mol. The summed E-state index contributed by atoms with van der Waals surface area (Å²) in [7, 11) is 0. The molecule has 0 bridgehead atoms. The van der Waals surface area contributed by atoms with Gasteiger partial charge in [0.2, 0.25) is 0 Å². The van der Waals surface area contributed by atoms with E-state index in [-0.39, 0.29) is 5.97 Å². The molecule has 6 rings (SSSR count). The lowest BCUT2D eigenvalue weighted by atomic mass is 9.74. The summed E-state index contributed by atoms with van der Waals surface area (Å²) in [6.07, 6.45) is 5.28. The number of hydrogen-bond donors (Lipinski definition) is 1. The number of aromatic amines is 1. The van der Waals surface area contributed by atoms with Crippen LogP contribution < -0.4 is 0 Å². The molecule has 2 aliphatic rings. The highest BCUT2D eigenvalue weighted by Crippen LogP contribution is 2.50. The van der Waals surface area contributed by atoms with Crippen molar-refractivity contribution in [2.45, 2.75) is 37.2 Å². The summed E-state index contributed by atoms with van der Waals surface area (Å²) >= 11 is 0. The molecule has 1 fully saturated rings. The van der Waals surface area contributed by atoms with Crippen LogP contribution in [0.4, 0.5) is 0 Å². The zero-order valence-electron chi connectivity index (χ0n) is 17.5. The Morgan fingerprint density at radius 3 is 2.56 bits per heavy atom. The molecule has 6 nitrogen and oxygen atoms in total. The van der Waals surface area contributed by atoms with E-state index in [1.807, 2.05) is 60.7 Å². The van der Waals surface area contributed by atoms with Crippen molar-refractivity contribution in [3.63, 3.8) is 0 Å². The standard InChI is InChI=1S/C26H22N4O2/c31-25-19-8-4-5-9-20(19)26(32-25)13-10-17(11-14-26)22-16-23(30-29-22)21-12-15-27-24(28-21)18-6-2-1-3-7-18/h1-9,12,15-17H,10-11,13-14H2,(H,29,30). The number of hydrogen-bond acceptors (Lipinski definition) is 5. The Hall–Kier alpha value is -3.80. The summed E-state index contributed by atoms with van der Waals surface area (Å²) < 4.78 is 5.89. The normalized spacial score (nSPS) is 22.0. The fourth-order valence-electron chi connectivity index (χ4n) is 5.02. The van der Waals surface area contributed by atoms with Crippen molar-refractivity contribution in [2.75, 3.05) is 0 Å². The van der Waals surface area contributed by atoms with Crippen LogP contribution in [-0.2, 0) is 10.3 Å². The van der Waals surface area contributed by atoms with Crippen LogP contribution in [0.25, 0.3) is 22.8 Å². The molecular weight excluding hydrogens is 400 g/mol. The second kappa shape index (κ2) is 7.41. The van der Waals surface area contributed by atoms with Crippen LogP contribution >= 0.6 is 0 Å². The van der Waals surface area contributed by atoms with Gasteiger partial charge in [-0.15, -0.1) is 0 Å². The number of rotatable bonds is 3. The Kier molecular flexibility index (Phi) is 4.38. The molecule has 2 aromatic carbocycles. The van der Waals surface area contributed by atoms with E-state index in [1.165, 1.54) is 0 Å². The first-order valence-electron chi connectivity index (χ1n) is 11.0. The largest absolute Gasteiger partial charge is 0.451 e. The van der Waals surface area contributed by atoms with Crippen LogP contribution in [0.2, 0.25) is 0 Å². The number of ether oxygens (including phenoxy) is 1. The quantitative estimate of drug-likeness (QED) is 0.456. The maximum atomic E-state index is 12.3. The Balaban J connectivity index is 1.21. The topological polar surface area (TPSA) is 80.8 Å². The SMILES string of the molecule is O=C1OC2(CCC(c3cc(-c4ccnc(-c5ccccc5)n4)n[nH]3)CC2)c2ccccc21.